The zero-order valence-electron chi connectivity index (χ0n) is 10.3. The Balaban J connectivity index is 3.32. The molecule has 0 aromatic rings. The molecule has 0 fully saturated rings. The first-order chi connectivity index (χ1) is 6.95. The molecule has 0 heterocycles. The molecule has 0 aromatic heterocycles. The van der Waals surface area contributed by atoms with Crippen LogP contribution in [-0.4, -0.2) is 31.5 Å². The lowest BCUT2D eigenvalue weighted by Gasteiger charge is -2.19. The first kappa shape index (κ1) is 14.2. The highest BCUT2D eigenvalue weighted by Gasteiger charge is 2.15. The SMILES string of the molecule is CCOCCCCNC(=O)OC(C)(C)C. The van der Waals surface area contributed by atoms with Crippen molar-refractivity contribution >= 4 is 6.09 Å². The first-order valence-corrected chi connectivity index (χ1v) is 5.50. The van der Waals surface area contributed by atoms with Gasteiger partial charge in [-0.3, -0.25) is 0 Å². The summed E-state index contributed by atoms with van der Waals surface area (Å²) in [6.45, 7) is 9.66. The van der Waals surface area contributed by atoms with Crippen molar-refractivity contribution in [1.82, 2.24) is 5.32 Å². The van der Waals surface area contributed by atoms with Crippen LogP contribution in [0.2, 0.25) is 0 Å². The second kappa shape index (κ2) is 7.51. The smallest absolute Gasteiger partial charge is 0.407 e. The fourth-order valence-electron chi connectivity index (χ4n) is 0.978. The van der Waals surface area contributed by atoms with E-state index < -0.39 is 5.60 Å². The number of amides is 1. The summed E-state index contributed by atoms with van der Waals surface area (Å²) in [7, 11) is 0. The van der Waals surface area contributed by atoms with Gasteiger partial charge in [-0.15, -0.1) is 0 Å². The first-order valence-electron chi connectivity index (χ1n) is 5.50. The van der Waals surface area contributed by atoms with Crippen LogP contribution in [0.25, 0.3) is 0 Å². The Kier molecular flexibility index (Phi) is 7.13. The van der Waals surface area contributed by atoms with Gasteiger partial charge in [-0.05, 0) is 40.5 Å². The number of alkyl carbamates (subject to hydrolysis) is 1. The monoisotopic (exact) mass is 217 g/mol. The van der Waals surface area contributed by atoms with E-state index >= 15 is 0 Å². The fraction of sp³-hybridized carbons (Fsp3) is 0.909. The second-order valence-electron chi connectivity index (χ2n) is 4.33. The minimum atomic E-state index is -0.421. The van der Waals surface area contributed by atoms with Gasteiger partial charge < -0.3 is 14.8 Å². The van der Waals surface area contributed by atoms with E-state index in [1.807, 2.05) is 27.7 Å². The molecule has 1 amide bonds. The number of carbonyl (C=O) groups excluding carboxylic acids is 1. The van der Waals surface area contributed by atoms with Crippen molar-refractivity contribution in [1.29, 1.82) is 0 Å². The minimum Gasteiger partial charge on any atom is -0.444 e. The van der Waals surface area contributed by atoms with Gasteiger partial charge in [0.2, 0.25) is 0 Å². The maximum Gasteiger partial charge on any atom is 0.407 e. The molecule has 4 heteroatoms. The summed E-state index contributed by atoms with van der Waals surface area (Å²) >= 11 is 0. The molecule has 0 aliphatic heterocycles. The molecule has 0 bridgehead atoms. The van der Waals surface area contributed by atoms with Crippen molar-refractivity contribution in [3.63, 3.8) is 0 Å². The van der Waals surface area contributed by atoms with Crippen LogP contribution in [0.5, 0.6) is 0 Å². The fourth-order valence-corrected chi connectivity index (χ4v) is 0.978. The maximum absolute atomic E-state index is 11.2. The second-order valence-corrected chi connectivity index (χ2v) is 4.33. The van der Waals surface area contributed by atoms with Crippen LogP contribution >= 0.6 is 0 Å². The van der Waals surface area contributed by atoms with Crippen molar-refractivity contribution in [3.05, 3.63) is 0 Å². The summed E-state index contributed by atoms with van der Waals surface area (Å²) in [6.07, 6.45) is 1.53. The quantitative estimate of drug-likeness (QED) is 0.695. The van der Waals surface area contributed by atoms with Gasteiger partial charge in [0.05, 0.1) is 0 Å². The summed E-state index contributed by atoms with van der Waals surface area (Å²) in [6, 6.07) is 0. The van der Waals surface area contributed by atoms with Crippen LogP contribution < -0.4 is 5.32 Å². The van der Waals surface area contributed by atoms with E-state index in [9.17, 15) is 4.79 Å². The van der Waals surface area contributed by atoms with Crippen LogP contribution in [-0.2, 0) is 9.47 Å². The topological polar surface area (TPSA) is 47.6 Å². The van der Waals surface area contributed by atoms with E-state index in [1.165, 1.54) is 0 Å². The lowest BCUT2D eigenvalue weighted by Crippen LogP contribution is -2.33. The molecule has 15 heavy (non-hydrogen) atoms. The van der Waals surface area contributed by atoms with Gasteiger partial charge in [-0.1, -0.05) is 0 Å². The van der Waals surface area contributed by atoms with E-state index in [0.29, 0.717) is 6.54 Å². The molecule has 0 radical (unpaired) electrons. The molecule has 0 spiro atoms. The zero-order chi connectivity index (χ0) is 11.7. The van der Waals surface area contributed by atoms with Crippen molar-refractivity contribution in [2.24, 2.45) is 0 Å². The molecule has 1 N–H and O–H groups in total. The summed E-state index contributed by atoms with van der Waals surface area (Å²) in [4.78, 5) is 11.2. The molecule has 0 aromatic carbocycles. The van der Waals surface area contributed by atoms with Crippen LogP contribution in [0, 0.1) is 0 Å². The van der Waals surface area contributed by atoms with Gasteiger partial charge in [0.25, 0.3) is 0 Å². The third-order valence-electron chi connectivity index (χ3n) is 1.59. The molecule has 0 rings (SSSR count). The molecule has 90 valence electrons. The van der Waals surface area contributed by atoms with Crippen molar-refractivity contribution < 1.29 is 14.3 Å². The number of unbranched alkanes of at least 4 members (excludes halogenated alkanes) is 1. The Morgan fingerprint density at radius 2 is 1.93 bits per heavy atom. The van der Waals surface area contributed by atoms with E-state index in [1.54, 1.807) is 0 Å². The lowest BCUT2D eigenvalue weighted by atomic mass is 10.2. The van der Waals surface area contributed by atoms with Crippen molar-refractivity contribution in [2.45, 2.75) is 46.1 Å². The van der Waals surface area contributed by atoms with Gasteiger partial charge in [-0.25, -0.2) is 4.79 Å². The summed E-state index contributed by atoms with van der Waals surface area (Å²) in [5.41, 5.74) is -0.421. The Morgan fingerprint density at radius 1 is 1.27 bits per heavy atom. The third-order valence-corrected chi connectivity index (χ3v) is 1.59. The Labute approximate surface area is 92.3 Å². The number of hydrogen-bond acceptors (Lipinski definition) is 3. The number of ether oxygens (including phenoxy) is 2. The van der Waals surface area contributed by atoms with Gasteiger partial charge >= 0.3 is 6.09 Å². The van der Waals surface area contributed by atoms with E-state index in [2.05, 4.69) is 5.32 Å². The molecule has 0 aliphatic carbocycles. The predicted molar refractivity (Wildman–Crippen MR) is 60.0 cm³/mol. The zero-order valence-corrected chi connectivity index (χ0v) is 10.3. The van der Waals surface area contributed by atoms with Crippen LogP contribution in [0.4, 0.5) is 4.79 Å². The van der Waals surface area contributed by atoms with E-state index in [4.69, 9.17) is 9.47 Å². The molecule has 0 atom stereocenters. The molecule has 0 unspecified atom stereocenters. The van der Waals surface area contributed by atoms with Crippen LogP contribution in [0.3, 0.4) is 0 Å². The van der Waals surface area contributed by atoms with Gasteiger partial charge in [-0.2, -0.15) is 0 Å². The van der Waals surface area contributed by atoms with Crippen molar-refractivity contribution in [2.75, 3.05) is 19.8 Å². The normalized spacial score (nSPS) is 11.2. The lowest BCUT2D eigenvalue weighted by molar-refractivity contribution is 0.0525. The Hall–Kier alpha value is -0.770. The molecule has 0 saturated heterocycles. The van der Waals surface area contributed by atoms with Crippen LogP contribution in [0.15, 0.2) is 0 Å². The number of hydrogen-bond donors (Lipinski definition) is 1. The molecule has 0 aliphatic rings. The largest absolute Gasteiger partial charge is 0.444 e. The molecule has 0 saturated carbocycles. The van der Waals surface area contributed by atoms with E-state index in [-0.39, 0.29) is 6.09 Å². The summed E-state index contributed by atoms with van der Waals surface area (Å²) < 4.78 is 10.3. The highest BCUT2D eigenvalue weighted by Crippen LogP contribution is 2.06. The van der Waals surface area contributed by atoms with Gasteiger partial charge in [0, 0.05) is 19.8 Å². The molecule has 4 nitrogen and oxygen atoms in total. The Morgan fingerprint density at radius 3 is 2.47 bits per heavy atom. The highest BCUT2D eigenvalue weighted by atomic mass is 16.6. The van der Waals surface area contributed by atoms with Gasteiger partial charge in [0.1, 0.15) is 5.60 Å². The van der Waals surface area contributed by atoms with Crippen LogP contribution in [0.1, 0.15) is 40.5 Å². The molecular weight excluding hydrogens is 194 g/mol. The predicted octanol–water partition coefficient (Wildman–Crippen LogP) is 2.33. The number of carbonyl (C=O) groups is 1. The third kappa shape index (κ3) is 11.2. The summed E-state index contributed by atoms with van der Waals surface area (Å²) in [5.74, 6) is 0. The van der Waals surface area contributed by atoms with Gasteiger partial charge in [0.15, 0.2) is 0 Å². The Bertz CT molecular complexity index is 175. The average Bonchev–Trinajstić information content (AvgIpc) is 2.08. The average molecular weight is 217 g/mol. The summed E-state index contributed by atoms with van der Waals surface area (Å²) in [5, 5.41) is 2.70. The number of nitrogens with one attached hydrogen (secondary N) is 1. The number of rotatable bonds is 6. The minimum absolute atomic E-state index is 0.348. The van der Waals surface area contributed by atoms with E-state index in [0.717, 1.165) is 26.1 Å². The highest BCUT2D eigenvalue weighted by molar-refractivity contribution is 5.67. The maximum atomic E-state index is 11.2. The van der Waals surface area contributed by atoms with Crippen molar-refractivity contribution in [3.8, 4) is 0 Å². The standard InChI is InChI=1S/C11H23NO3/c1-5-14-9-7-6-8-12-10(13)15-11(2,3)4/h5-9H2,1-4H3,(H,12,13). The molecular formula is C11H23NO3.